The predicted octanol–water partition coefficient (Wildman–Crippen LogP) is 4.55. The molecule has 3 aromatic rings. The molecular formula is C14H6Cl2O3S. The first-order chi connectivity index (χ1) is 9.48. The van der Waals surface area contributed by atoms with Gasteiger partial charge in [0.25, 0.3) is 0 Å². The molecule has 20 heavy (non-hydrogen) atoms. The van der Waals surface area contributed by atoms with E-state index in [1.54, 1.807) is 30.3 Å². The van der Waals surface area contributed by atoms with Gasteiger partial charge in [0, 0.05) is 21.0 Å². The van der Waals surface area contributed by atoms with Crippen molar-refractivity contribution >= 4 is 44.0 Å². The molecule has 0 fully saturated rings. The Hall–Kier alpha value is -1.49. The van der Waals surface area contributed by atoms with Crippen LogP contribution in [-0.2, 0) is 9.84 Å². The number of halogens is 2. The highest BCUT2D eigenvalue weighted by Crippen LogP contribution is 2.49. The van der Waals surface area contributed by atoms with E-state index in [1.165, 1.54) is 6.07 Å². The first-order valence-electron chi connectivity index (χ1n) is 5.75. The number of benzene rings is 2. The van der Waals surface area contributed by atoms with Crippen LogP contribution in [-0.4, -0.2) is 8.42 Å². The Morgan fingerprint density at radius 2 is 1.65 bits per heavy atom. The van der Waals surface area contributed by atoms with E-state index in [1.807, 2.05) is 0 Å². The van der Waals surface area contributed by atoms with Crippen molar-refractivity contribution in [1.82, 2.24) is 0 Å². The highest BCUT2D eigenvalue weighted by Gasteiger charge is 2.38. The van der Waals surface area contributed by atoms with Crippen molar-refractivity contribution in [2.24, 2.45) is 0 Å². The Bertz CT molecular complexity index is 987. The summed E-state index contributed by atoms with van der Waals surface area (Å²) in [6, 6.07) is 9.58. The molecule has 0 spiro atoms. The van der Waals surface area contributed by atoms with Crippen LogP contribution in [0.25, 0.3) is 22.3 Å². The molecule has 0 atom stereocenters. The maximum absolute atomic E-state index is 12.6. The summed E-state index contributed by atoms with van der Waals surface area (Å²) < 4.78 is 30.9. The van der Waals surface area contributed by atoms with Crippen LogP contribution in [0.15, 0.2) is 50.6 Å². The van der Waals surface area contributed by atoms with Crippen LogP contribution < -0.4 is 0 Å². The topological polar surface area (TPSA) is 47.3 Å². The summed E-state index contributed by atoms with van der Waals surface area (Å²) in [5.41, 5.74) is 0.994. The molecule has 0 N–H and O–H groups in total. The maximum atomic E-state index is 12.6. The maximum Gasteiger partial charge on any atom is 0.211 e. The second kappa shape index (κ2) is 3.79. The lowest BCUT2D eigenvalue weighted by Crippen LogP contribution is -1.96. The fraction of sp³-hybridized carbons (Fsp3) is 0. The van der Waals surface area contributed by atoms with E-state index in [-0.39, 0.29) is 9.79 Å². The lowest BCUT2D eigenvalue weighted by atomic mass is 10.1. The van der Waals surface area contributed by atoms with Crippen molar-refractivity contribution in [3.05, 3.63) is 46.4 Å². The summed E-state index contributed by atoms with van der Waals surface area (Å²) >= 11 is 11.9. The normalized spacial score (nSPS) is 15.3. The Kier molecular flexibility index (Phi) is 2.32. The van der Waals surface area contributed by atoms with Gasteiger partial charge in [-0.3, -0.25) is 0 Å². The SMILES string of the molecule is O=S1(=O)c2ccc(Cl)cc2-c2oc3ccc(Cl)cc3c21. The van der Waals surface area contributed by atoms with E-state index in [2.05, 4.69) is 0 Å². The molecule has 100 valence electrons. The van der Waals surface area contributed by atoms with Crippen LogP contribution >= 0.6 is 23.2 Å². The number of fused-ring (bicyclic) bond motifs is 5. The zero-order valence-corrected chi connectivity index (χ0v) is 12.2. The summed E-state index contributed by atoms with van der Waals surface area (Å²) in [5, 5.41) is 1.43. The summed E-state index contributed by atoms with van der Waals surface area (Å²) in [6.45, 7) is 0. The molecule has 0 saturated heterocycles. The molecule has 2 aromatic carbocycles. The lowest BCUT2D eigenvalue weighted by Gasteiger charge is -2.00. The second-order valence-corrected chi connectivity index (χ2v) is 7.27. The summed E-state index contributed by atoms with van der Waals surface area (Å²) in [4.78, 5) is 0.393. The third-order valence-corrected chi connectivity index (χ3v) is 5.70. The van der Waals surface area contributed by atoms with E-state index < -0.39 is 9.84 Å². The van der Waals surface area contributed by atoms with E-state index in [0.717, 1.165) is 0 Å². The van der Waals surface area contributed by atoms with Gasteiger partial charge in [-0.15, -0.1) is 0 Å². The van der Waals surface area contributed by atoms with Crippen LogP contribution in [0.5, 0.6) is 0 Å². The Labute approximate surface area is 124 Å². The molecule has 0 aliphatic carbocycles. The number of hydrogen-bond donors (Lipinski definition) is 0. The van der Waals surface area contributed by atoms with Crippen LogP contribution in [0.2, 0.25) is 10.0 Å². The Morgan fingerprint density at radius 1 is 0.950 bits per heavy atom. The summed E-state index contributed by atoms with van der Waals surface area (Å²) in [7, 11) is -3.59. The number of furan rings is 1. The third-order valence-electron chi connectivity index (χ3n) is 3.35. The van der Waals surface area contributed by atoms with E-state index in [4.69, 9.17) is 27.6 Å². The minimum Gasteiger partial charge on any atom is -0.455 e. The molecule has 0 amide bonds. The van der Waals surface area contributed by atoms with Crippen LogP contribution in [0.1, 0.15) is 0 Å². The molecule has 2 heterocycles. The average molecular weight is 325 g/mol. The van der Waals surface area contributed by atoms with E-state index in [0.29, 0.717) is 32.3 Å². The highest BCUT2D eigenvalue weighted by atomic mass is 35.5. The number of rotatable bonds is 0. The Balaban J connectivity index is 2.22. The molecule has 6 heteroatoms. The minimum absolute atomic E-state index is 0.173. The largest absolute Gasteiger partial charge is 0.455 e. The average Bonchev–Trinajstić information content (AvgIpc) is 2.85. The molecule has 0 bridgehead atoms. The second-order valence-electron chi connectivity index (χ2n) is 4.54. The zero-order chi connectivity index (χ0) is 14.1. The van der Waals surface area contributed by atoms with Crippen molar-refractivity contribution < 1.29 is 12.8 Å². The van der Waals surface area contributed by atoms with Gasteiger partial charge in [-0.1, -0.05) is 23.2 Å². The molecule has 0 radical (unpaired) electrons. The van der Waals surface area contributed by atoms with Gasteiger partial charge in [-0.25, -0.2) is 8.42 Å². The van der Waals surface area contributed by atoms with Gasteiger partial charge in [0.2, 0.25) is 9.84 Å². The van der Waals surface area contributed by atoms with Crippen molar-refractivity contribution in [1.29, 1.82) is 0 Å². The summed E-state index contributed by atoms with van der Waals surface area (Å²) in [5.74, 6) is 0.333. The smallest absolute Gasteiger partial charge is 0.211 e. The van der Waals surface area contributed by atoms with Gasteiger partial charge in [0.05, 0.1) is 4.90 Å². The standard InChI is InChI=1S/C14H6Cl2O3S/c15-7-1-3-11-9(5-7)14-13(19-11)10-6-8(16)2-4-12(10)20(14,17)18/h1-6H. The molecule has 1 aromatic heterocycles. The van der Waals surface area contributed by atoms with Crippen molar-refractivity contribution in [3.63, 3.8) is 0 Å². The van der Waals surface area contributed by atoms with Crippen molar-refractivity contribution in [2.75, 3.05) is 0 Å². The molecule has 0 saturated carbocycles. The highest BCUT2D eigenvalue weighted by molar-refractivity contribution is 7.92. The molecular weight excluding hydrogens is 319 g/mol. The fourth-order valence-corrected chi connectivity index (χ4v) is 4.61. The zero-order valence-electron chi connectivity index (χ0n) is 9.85. The minimum atomic E-state index is -3.59. The van der Waals surface area contributed by atoms with Gasteiger partial charge >= 0.3 is 0 Å². The van der Waals surface area contributed by atoms with Gasteiger partial charge in [0.1, 0.15) is 10.5 Å². The first-order valence-corrected chi connectivity index (χ1v) is 7.99. The van der Waals surface area contributed by atoms with E-state index in [9.17, 15) is 8.42 Å². The van der Waals surface area contributed by atoms with Gasteiger partial charge in [-0.05, 0) is 36.4 Å². The monoisotopic (exact) mass is 324 g/mol. The summed E-state index contributed by atoms with van der Waals surface area (Å²) in [6.07, 6.45) is 0. The van der Waals surface area contributed by atoms with E-state index >= 15 is 0 Å². The van der Waals surface area contributed by atoms with Gasteiger partial charge in [-0.2, -0.15) is 0 Å². The lowest BCUT2D eigenvalue weighted by molar-refractivity contribution is 0.597. The quantitative estimate of drug-likeness (QED) is 0.476. The molecule has 1 aliphatic heterocycles. The van der Waals surface area contributed by atoms with Crippen LogP contribution in [0, 0.1) is 0 Å². The third kappa shape index (κ3) is 1.44. The van der Waals surface area contributed by atoms with Crippen molar-refractivity contribution in [3.8, 4) is 11.3 Å². The fourth-order valence-electron chi connectivity index (χ4n) is 2.52. The van der Waals surface area contributed by atoms with Gasteiger partial charge < -0.3 is 4.42 Å². The van der Waals surface area contributed by atoms with Gasteiger partial charge in [0.15, 0.2) is 5.76 Å². The van der Waals surface area contributed by atoms with Crippen molar-refractivity contribution in [2.45, 2.75) is 9.79 Å². The first kappa shape index (κ1) is 12.3. The molecule has 0 unspecified atom stereocenters. The van der Waals surface area contributed by atoms with Crippen LogP contribution in [0.4, 0.5) is 0 Å². The van der Waals surface area contributed by atoms with Crippen LogP contribution in [0.3, 0.4) is 0 Å². The Morgan fingerprint density at radius 3 is 2.45 bits per heavy atom. The number of sulfone groups is 1. The number of hydrogen-bond acceptors (Lipinski definition) is 3. The predicted molar refractivity (Wildman–Crippen MR) is 77.1 cm³/mol. The molecule has 4 rings (SSSR count). The molecule has 1 aliphatic rings. The molecule has 3 nitrogen and oxygen atoms in total.